The SMILES string of the molecule is CC1(O)CCCC2c3c(cc4oc5c(c(=O)c4c3OC3CCCC3)C(c3ccc(NO)cc3)C=CC5O)OC21. The number of hydrogen-bond acceptors (Lipinski definition) is 8. The predicted octanol–water partition coefficient (Wildman–Crippen LogP) is 5.43. The van der Waals surface area contributed by atoms with Crippen LogP contribution in [0.25, 0.3) is 11.0 Å². The number of aliphatic hydroxyl groups is 2. The molecule has 2 saturated carbocycles. The molecule has 2 fully saturated rings. The van der Waals surface area contributed by atoms with Crippen molar-refractivity contribution in [3.05, 3.63) is 75.2 Å². The maximum atomic E-state index is 14.5. The summed E-state index contributed by atoms with van der Waals surface area (Å²) in [6.45, 7) is 1.82. The molecular weight excluding hydrogens is 498 g/mol. The number of hydrogen-bond donors (Lipinski definition) is 4. The van der Waals surface area contributed by atoms with Gasteiger partial charge in [-0.1, -0.05) is 24.3 Å². The lowest BCUT2D eigenvalue weighted by atomic mass is 9.74. The van der Waals surface area contributed by atoms with E-state index in [1.807, 2.05) is 25.1 Å². The third-order valence-corrected chi connectivity index (χ3v) is 9.06. The van der Waals surface area contributed by atoms with E-state index < -0.39 is 23.7 Å². The number of ether oxygens (including phenoxy) is 2. The van der Waals surface area contributed by atoms with Gasteiger partial charge in [-0.05, 0) is 69.6 Å². The summed E-state index contributed by atoms with van der Waals surface area (Å²) in [6.07, 6.45) is 8.30. The molecule has 2 aromatic carbocycles. The number of rotatable bonds is 4. The average molecular weight is 532 g/mol. The van der Waals surface area contributed by atoms with E-state index in [1.54, 1.807) is 24.3 Å². The Morgan fingerprint density at radius 1 is 1.05 bits per heavy atom. The molecule has 8 heteroatoms. The van der Waals surface area contributed by atoms with Crippen LogP contribution in [0.4, 0.5) is 5.69 Å². The first-order valence-electron chi connectivity index (χ1n) is 14.0. The van der Waals surface area contributed by atoms with Crippen molar-refractivity contribution >= 4 is 16.7 Å². The van der Waals surface area contributed by atoms with Gasteiger partial charge in [-0.25, -0.2) is 0 Å². The molecule has 0 amide bonds. The minimum absolute atomic E-state index is 0.00177. The van der Waals surface area contributed by atoms with Crippen molar-refractivity contribution < 1.29 is 29.3 Å². The van der Waals surface area contributed by atoms with E-state index in [9.17, 15) is 20.2 Å². The summed E-state index contributed by atoms with van der Waals surface area (Å²) >= 11 is 0. The zero-order valence-electron chi connectivity index (χ0n) is 21.9. The molecule has 0 radical (unpaired) electrons. The fourth-order valence-corrected chi connectivity index (χ4v) is 7.09. The highest BCUT2D eigenvalue weighted by molar-refractivity contribution is 5.89. The number of fused-ring (bicyclic) bond motifs is 5. The zero-order chi connectivity index (χ0) is 26.9. The Kier molecular flexibility index (Phi) is 5.77. The third kappa shape index (κ3) is 3.88. The summed E-state index contributed by atoms with van der Waals surface area (Å²) in [5.41, 5.74) is 3.82. The number of aliphatic hydroxyl groups excluding tert-OH is 1. The van der Waals surface area contributed by atoms with Crippen molar-refractivity contribution in [1.82, 2.24) is 0 Å². The van der Waals surface area contributed by atoms with E-state index in [2.05, 4.69) is 5.48 Å². The molecule has 1 aromatic heterocycles. The average Bonchev–Trinajstić information content (AvgIpc) is 3.58. The molecule has 2 heterocycles. The minimum atomic E-state index is -1.07. The second-order valence-electron chi connectivity index (χ2n) is 11.7. The van der Waals surface area contributed by atoms with E-state index in [1.165, 1.54) is 0 Å². The van der Waals surface area contributed by atoms with Crippen LogP contribution in [0.1, 0.15) is 92.3 Å². The van der Waals surface area contributed by atoms with Crippen molar-refractivity contribution in [1.29, 1.82) is 0 Å². The first kappa shape index (κ1) is 24.7. The molecule has 3 aliphatic carbocycles. The monoisotopic (exact) mass is 531 g/mol. The van der Waals surface area contributed by atoms with Gasteiger partial charge in [0.15, 0.2) is 0 Å². The summed E-state index contributed by atoms with van der Waals surface area (Å²) < 4.78 is 19.4. The first-order valence-corrected chi connectivity index (χ1v) is 14.0. The normalized spacial score (nSPS) is 29.5. The molecule has 39 heavy (non-hydrogen) atoms. The van der Waals surface area contributed by atoms with Gasteiger partial charge in [0.05, 0.1) is 23.0 Å². The van der Waals surface area contributed by atoms with Crippen molar-refractivity contribution in [3.8, 4) is 11.5 Å². The molecular formula is C31H33NO7. The van der Waals surface area contributed by atoms with Crippen LogP contribution in [0.5, 0.6) is 11.5 Å². The molecule has 0 spiro atoms. The summed E-state index contributed by atoms with van der Waals surface area (Å²) in [5.74, 6) is 0.779. The highest BCUT2D eigenvalue weighted by atomic mass is 16.5. The zero-order valence-corrected chi connectivity index (χ0v) is 21.9. The van der Waals surface area contributed by atoms with Gasteiger partial charge in [0.25, 0.3) is 0 Å². The summed E-state index contributed by atoms with van der Waals surface area (Å²) in [4.78, 5) is 14.5. The molecule has 8 nitrogen and oxygen atoms in total. The summed E-state index contributed by atoms with van der Waals surface area (Å²) in [5, 5.41) is 31.6. The first-order chi connectivity index (χ1) is 18.9. The lowest BCUT2D eigenvalue weighted by Crippen LogP contribution is -2.47. The van der Waals surface area contributed by atoms with Crippen molar-refractivity contribution in [2.24, 2.45) is 0 Å². The molecule has 0 bridgehead atoms. The van der Waals surface area contributed by atoms with E-state index in [0.29, 0.717) is 40.1 Å². The van der Waals surface area contributed by atoms with Gasteiger partial charge in [-0.2, -0.15) is 0 Å². The summed E-state index contributed by atoms with van der Waals surface area (Å²) in [7, 11) is 0. The maximum Gasteiger partial charge on any atom is 0.200 e. The maximum absolute atomic E-state index is 14.5. The van der Waals surface area contributed by atoms with E-state index in [4.69, 9.17) is 13.9 Å². The standard InChI is InChI=1S/C31H33NO7/c1-31(35)14-4-7-20-24-22(39-30(20)31)15-23-26(29(24)37-18-5-2-3-6-18)27(34)25-19(12-13-21(33)28(25)38-23)16-8-10-17(32-36)11-9-16/h8-13,15,18-21,30,32-33,35-36H,2-7,14H2,1H3. The second-order valence-corrected chi connectivity index (χ2v) is 11.7. The largest absolute Gasteiger partial charge is 0.489 e. The van der Waals surface area contributed by atoms with Gasteiger partial charge in [-0.3, -0.25) is 15.5 Å². The summed E-state index contributed by atoms with van der Waals surface area (Å²) in [6, 6.07) is 8.86. The predicted molar refractivity (Wildman–Crippen MR) is 145 cm³/mol. The fraction of sp³-hybridized carbons (Fsp3) is 0.452. The Morgan fingerprint density at radius 2 is 1.82 bits per heavy atom. The van der Waals surface area contributed by atoms with Crippen LogP contribution in [0.2, 0.25) is 0 Å². The van der Waals surface area contributed by atoms with Crippen molar-refractivity contribution in [2.75, 3.05) is 5.48 Å². The minimum Gasteiger partial charge on any atom is -0.489 e. The van der Waals surface area contributed by atoms with Crippen molar-refractivity contribution in [3.63, 3.8) is 0 Å². The smallest absolute Gasteiger partial charge is 0.200 e. The highest BCUT2D eigenvalue weighted by Crippen LogP contribution is 2.55. The van der Waals surface area contributed by atoms with Gasteiger partial charge >= 0.3 is 0 Å². The Balaban J connectivity index is 1.46. The highest BCUT2D eigenvalue weighted by Gasteiger charge is 2.50. The molecule has 3 aromatic rings. The molecule has 204 valence electrons. The third-order valence-electron chi connectivity index (χ3n) is 9.06. The van der Waals surface area contributed by atoms with Gasteiger partial charge < -0.3 is 24.1 Å². The molecule has 5 atom stereocenters. The molecule has 4 N–H and O–H groups in total. The quantitative estimate of drug-likeness (QED) is 0.260. The molecule has 4 aliphatic rings. The molecule has 7 rings (SSSR count). The van der Waals surface area contributed by atoms with Gasteiger partial charge in [0.2, 0.25) is 5.43 Å². The fourth-order valence-electron chi connectivity index (χ4n) is 7.09. The lowest BCUT2D eigenvalue weighted by molar-refractivity contribution is -0.0725. The Labute approximate surface area is 225 Å². The lowest BCUT2D eigenvalue weighted by Gasteiger charge is -2.37. The van der Waals surface area contributed by atoms with Crippen LogP contribution in [-0.2, 0) is 0 Å². The Bertz CT molecular complexity index is 1520. The van der Waals surface area contributed by atoms with Crippen LogP contribution in [0.3, 0.4) is 0 Å². The van der Waals surface area contributed by atoms with Gasteiger partial charge in [-0.15, -0.1) is 0 Å². The van der Waals surface area contributed by atoms with Crippen LogP contribution < -0.4 is 20.4 Å². The number of nitrogens with one attached hydrogen (secondary N) is 1. The van der Waals surface area contributed by atoms with E-state index in [-0.39, 0.29) is 23.2 Å². The van der Waals surface area contributed by atoms with Crippen LogP contribution in [0.15, 0.2) is 51.7 Å². The van der Waals surface area contributed by atoms with Crippen molar-refractivity contribution in [2.45, 2.75) is 87.6 Å². The second kappa shape index (κ2) is 9.11. The van der Waals surface area contributed by atoms with E-state index in [0.717, 1.165) is 49.7 Å². The van der Waals surface area contributed by atoms with Gasteiger partial charge in [0.1, 0.15) is 40.4 Å². The van der Waals surface area contributed by atoms with Crippen LogP contribution in [-0.4, -0.2) is 33.2 Å². The van der Waals surface area contributed by atoms with Gasteiger partial charge in [0, 0.05) is 23.5 Å². The van der Waals surface area contributed by atoms with Crippen LogP contribution in [0, 0.1) is 0 Å². The number of anilines is 1. The molecule has 1 aliphatic heterocycles. The van der Waals surface area contributed by atoms with Crippen LogP contribution >= 0.6 is 0 Å². The molecule has 0 saturated heterocycles. The molecule has 5 unspecified atom stereocenters. The number of benzene rings is 2. The van der Waals surface area contributed by atoms with E-state index >= 15 is 0 Å². The Morgan fingerprint density at radius 3 is 2.56 bits per heavy atom. The number of allylic oxidation sites excluding steroid dienone is 1. The topological polar surface area (TPSA) is 121 Å². The Hall–Kier alpha value is -3.33.